The summed E-state index contributed by atoms with van der Waals surface area (Å²) in [5.74, 6) is 1.39. The van der Waals surface area contributed by atoms with Gasteiger partial charge in [-0.05, 0) is 29.8 Å². The van der Waals surface area contributed by atoms with Crippen molar-refractivity contribution in [3.8, 4) is 11.5 Å². The molecule has 2 aromatic rings. The van der Waals surface area contributed by atoms with E-state index in [9.17, 15) is 4.79 Å². The van der Waals surface area contributed by atoms with Crippen LogP contribution in [0.15, 0.2) is 42.5 Å². The summed E-state index contributed by atoms with van der Waals surface area (Å²) in [6, 6.07) is 13.4. The molecule has 1 amide bonds. The number of fused-ring (bicyclic) bond motifs is 4. The summed E-state index contributed by atoms with van der Waals surface area (Å²) < 4.78 is 16.5. The van der Waals surface area contributed by atoms with Crippen LogP contribution in [0.2, 0.25) is 0 Å². The van der Waals surface area contributed by atoms with Crippen LogP contribution < -0.4 is 14.8 Å². The van der Waals surface area contributed by atoms with Crippen molar-refractivity contribution in [2.24, 2.45) is 0 Å². The largest absolute Gasteiger partial charge is 0.491 e. The van der Waals surface area contributed by atoms with Crippen LogP contribution in [0.4, 0.5) is 5.69 Å². The minimum absolute atomic E-state index is 0.0495. The fourth-order valence-electron chi connectivity index (χ4n) is 3.29. The quantitative estimate of drug-likeness (QED) is 0.881. The fraction of sp³-hybridized carbons (Fsp3) is 0.278. The number of nitrogens with one attached hydrogen (secondary N) is 1. The molecule has 1 unspecified atom stereocenters. The molecule has 2 aromatic carbocycles. The van der Waals surface area contributed by atoms with Crippen LogP contribution in [0.5, 0.6) is 11.5 Å². The number of hydrogen-bond donors (Lipinski definition) is 1. The lowest BCUT2D eigenvalue weighted by molar-refractivity contribution is -0.119. The maximum atomic E-state index is 12.7. The van der Waals surface area contributed by atoms with Gasteiger partial charge in [0.1, 0.15) is 30.1 Å². The molecule has 2 aliphatic rings. The van der Waals surface area contributed by atoms with Gasteiger partial charge in [0.25, 0.3) is 0 Å². The molecular weight excluding hydrogens is 294 g/mol. The molecule has 0 saturated carbocycles. The zero-order valence-electron chi connectivity index (χ0n) is 12.8. The zero-order valence-corrected chi connectivity index (χ0v) is 12.8. The van der Waals surface area contributed by atoms with Gasteiger partial charge in [-0.2, -0.15) is 0 Å². The highest BCUT2D eigenvalue weighted by atomic mass is 16.5. The molecule has 0 aliphatic carbocycles. The summed E-state index contributed by atoms with van der Waals surface area (Å²) in [4.78, 5) is 12.7. The first kappa shape index (κ1) is 14.1. The molecule has 1 atom stereocenters. The van der Waals surface area contributed by atoms with E-state index < -0.39 is 5.41 Å². The van der Waals surface area contributed by atoms with E-state index in [0.717, 1.165) is 22.6 Å². The molecule has 0 saturated heterocycles. The average molecular weight is 311 g/mol. The van der Waals surface area contributed by atoms with Gasteiger partial charge in [0.05, 0.1) is 6.61 Å². The van der Waals surface area contributed by atoms with Crippen molar-refractivity contribution in [3.05, 3.63) is 53.6 Å². The van der Waals surface area contributed by atoms with Gasteiger partial charge in [-0.25, -0.2) is 0 Å². The second-order valence-electron chi connectivity index (χ2n) is 5.69. The monoisotopic (exact) mass is 311 g/mol. The predicted molar refractivity (Wildman–Crippen MR) is 85.2 cm³/mol. The summed E-state index contributed by atoms with van der Waals surface area (Å²) in [6.07, 6.45) is 0. The Kier molecular flexibility index (Phi) is 3.23. The highest BCUT2D eigenvalue weighted by Gasteiger charge is 2.53. The van der Waals surface area contributed by atoms with Crippen molar-refractivity contribution in [2.75, 3.05) is 32.2 Å². The fourth-order valence-corrected chi connectivity index (χ4v) is 3.29. The predicted octanol–water partition coefficient (Wildman–Crippen LogP) is 2.34. The smallest absolute Gasteiger partial charge is 0.243 e. The first-order valence-electron chi connectivity index (χ1n) is 7.56. The summed E-state index contributed by atoms with van der Waals surface area (Å²) in [7, 11) is 1.63. The number of carbonyl (C=O) groups excluding carboxylic acids is 1. The van der Waals surface area contributed by atoms with E-state index >= 15 is 0 Å². The number of ether oxygens (including phenoxy) is 3. The lowest BCUT2D eigenvalue weighted by Gasteiger charge is -2.20. The zero-order chi connectivity index (χ0) is 15.9. The lowest BCUT2D eigenvalue weighted by Crippen LogP contribution is -2.37. The van der Waals surface area contributed by atoms with Gasteiger partial charge in [0, 0.05) is 18.4 Å². The number of para-hydroxylation sites is 1. The number of benzene rings is 2. The molecule has 4 rings (SSSR count). The first-order valence-corrected chi connectivity index (χ1v) is 7.56. The third-order valence-electron chi connectivity index (χ3n) is 4.43. The van der Waals surface area contributed by atoms with Crippen LogP contribution in [-0.4, -0.2) is 32.8 Å². The molecule has 1 spiro atoms. The molecule has 0 radical (unpaired) electrons. The van der Waals surface area contributed by atoms with Gasteiger partial charge >= 0.3 is 0 Å². The Labute approximate surface area is 134 Å². The standard InChI is InChI=1S/C18H17NO4/c1-21-8-9-22-12-6-7-16-14(10-12)18(11-23-16)13-4-2-3-5-15(13)19-17(18)20/h2-7,10H,8-9,11H2,1H3,(H,19,20). The van der Waals surface area contributed by atoms with E-state index in [1.807, 2.05) is 42.5 Å². The van der Waals surface area contributed by atoms with Crippen LogP contribution in [-0.2, 0) is 14.9 Å². The van der Waals surface area contributed by atoms with Gasteiger partial charge in [0.2, 0.25) is 5.91 Å². The minimum Gasteiger partial charge on any atom is -0.491 e. The highest BCUT2D eigenvalue weighted by Crippen LogP contribution is 2.50. The molecule has 1 N–H and O–H groups in total. The molecule has 2 aliphatic heterocycles. The van der Waals surface area contributed by atoms with E-state index in [2.05, 4.69) is 5.32 Å². The maximum Gasteiger partial charge on any atom is 0.243 e. The number of anilines is 1. The molecule has 0 bridgehead atoms. The average Bonchev–Trinajstić information content (AvgIpc) is 3.08. The van der Waals surface area contributed by atoms with Crippen LogP contribution >= 0.6 is 0 Å². The molecule has 0 fully saturated rings. The van der Waals surface area contributed by atoms with E-state index in [-0.39, 0.29) is 5.91 Å². The Bertz CT molecular complexity index is 773. The van der Waals surface area contributed by atoms with Crippen molar-refractivity contribution in [1.82, 2.24) is 0 Å². The lowest BCUT2D eigenvalue weighted by atomic mass is 9.77. The second kappa shape index (κ2) is 5.28. The topological polar surface area (TPSA) is 56.8 Å². The third kappa shape index (κ3) is 2.00. The second-order valence-corrected chi connectivity index (χ2v) is 5.69. The molecule has 118 valence electrons. The SMILES string of the molecule is COCCOc1ccc2c(c1)C1(CO2)C(=O)Nc2ccccc21. The molecule has 2 heterocycles. The number of methoxy groups -OCH3 is 1. The Morgan fingerprint density at radius 1 is 1.17 bits per heavy atom. The highest BCUT2D eigenvalue weighted by molar-refractivity contribution is 6.09. The maximum absolute atomic E-state index is 12.7. The van der Waals surface area contributed by atoms with Crippen molar-refractivity contribution >= 4 is 11.6 Å². The Balaban J connectivity index is 1.77. The molecule has 23 heavy (non-hydrogen) atoms. The van der Waals surface area contributed by atoms with E-state index in [0.29, 0.717) is 25.6 Å². The van der Waals surface area contributed by atoms with E-state index in [4.69, 9.17) is 14.2 Å². The Hall–Kier alpha value is -2.53. The van der Waals surface area contributed by atoms with E-state index in [1.165, 1.54) is 0 Å². The van der Waals surface area contributed by atoms with Gasteiger partial charge in [-0.3, -0.25) is 4.79 Å². The van der Waals surface area contributed by atoms with Crippen LogP contribution in [0.1, 0.15) is 11.1 Å². The Morgan fingerprint density at radius 2 is 2.04 bits per heavy atom. The van der Waals surface area contributed by atoms with Gasteiger partial charge in [-0.15, -0.1) is 0 Å². The van der Waals surface area contributed by atoms with Crippen LogP contribution in [0.25, 0.3) is 0 Å². The molecule has 5 heteroatoms. The summed E-state index contributed by atoms with van der Waals surface area (Å²) in [5.41, 5.74) is 1.87. The van der Waals surface area contributed by atoms with Crippen molar-refractivity contribution < 1.29 is 19.0 Å². The normalized spacial score (nSPS) is 20.8. The van der Waals surface area contributed by atoms with E-state index in [1.54, 1.807) is 7.11 Å². The van der Waals surface area contributed by atoms with Crippen LogP contribution in [0.3, 0.4) is 0 Å². The van der Waals surface area contributed by atoms with Crippen molar-refractivity contribution in [2.45, 2.75) is 5.41 Å². The number of amides is 1. The Morgan fingerprint density at radius 3 is 2.91 bits per heavy atom. The number of rotatable bonds is 4. The van der Waals surface area contributed by atoms with Crippen molar-refractivity contribution in [1.29, 1.82) is 0 Å². The summed E-state index contributed by atoms with van der Waals surface area (Å²) in [6.45, 7) is 1.29. The van der Waals surface area contributed by atoms with Gasteiger partial charge < -0.3 is 19.5 Å². The number of carbonyl (C=O) groups is 1. The summed E-state index contributed by atoms with van der Waals surface area (Å²) in [5, 5.41) is 2.96. The third-order valence-corrected chi connectivity index (χ3v) is 4.43. The number of hydrogen-bond acceptors (Lipinski definition) is 4. The minimum atomic E-state index is -0.785. The van der Waals surface area contributed by atoms with Gasteiger partial charge in [-0.1, -0.05) is 18.2 Å². The van der Waals surface area contributed by atoms with Crippen molar-refractivity contribution in [3.63, 3.8) is 0 Å². The van der Waals surface area contributed by atoms with Crippen LogP contribution in [0, 0.1) is 0 Å². The van der Waals surface area contributed by atoms with Gasteiger partial charge in [0.15, 0.2) is 0 Å². The molecule has 5 nitrogen and oxygen atoms in total. The molecule has 0 aromatic heterocycles. The first-order chi connectivity index (χ1) is 11.3. The summed E-state index contributed by atoms with van der Waals surface area (Å²) >= 11 is 0. The molecular formula is C18H17NO4.